The fraction of sp³-hybridized carbons (Fsp3) is 0.500. The third-order valence-electron chi connectivity index (χ3n) is 5.36. The lowest BCUT2D eigenvalue weighted by molar-refractivity contribution is -0.150. The van der Waals surface area contributed by atoms with E-state index in [4.69, 9.17) is 4.74 Å². The van der Waals surface area contributed by atoms with Gasteiger partial charge in [-0.05, 0) is 47.6 Å². The van der Waals surface area contributed by atoms with Gasteiger partial charge >= 0.3 is 5.97 Å². The quantitative estimate of drug-likeness (QED) is 0.560. The summed E-state index contributed by atoms with van der Waals surface area (Å²) in [6, 6.07) is 9.56. The van der Waals surface area contributed by atoms with Gasteiger partial charge in [0.25, 0.3) is 0 Å². The molecule has 4 heteroatoms. The third-order valence-corrected chi connectivity index (χ3v) is 5.72. The van der Waals surface area contributed by atoms with Crippen LogP contribution in [0.3, 0.4) is 0 Å². The van der Waals surface area contributed by atoms with Crippen LogP contribution >= 0.6 is 22.6 Å². The molecule has 2 aliphatic heterocycles. The van der Waals surface area contributed by atoms with Gasteiger partial charge < -0.3 is 4.74 Å². The smallest absolute Gasteiger partial charge is 0.310 e. The lowest BCUT2D eigenvalue weighted by Gasteiger charge is -2.41. The monoisotopic (exact) mass is 411 g/mol. The first kappa shape index (κ1) is 16.0. The first-order valence-electron chi connectivity index (χ1n) is 7.82. The van der Waals surface area contributed by atoms with Crippen LogP contribution < -0.4 is 0 Å². The maximum absolute atomic E-state index is 12.4. The second-order valence-corrected chi connectivity index (χ2v) is 7.03. The zero-order chi connectivity index (χ0) is 15.7. The van der Waals surface area contributed by atoms with Crippen molar-refractivity contribution < 1.29 is 9.53 Å². The minimum absolute atomic E-state index is 0.0419. The topological polar surface area (TPSA) is 29.5 Å². The number of methoxy groups -OCH3 is 1. The van der Waals surface area contributed by atoms with Crippen molar-refractivity contribution >= 4 is 34.6 Å². The standard InChI is InChI=1S/C18H22INO2/c1-20-14-7-8-16(20)17(18(21)22-2)15(11-14)13-5-3-12(4-6-13)9-10-19/h3-6,9-10,14-17H,7-8,11H2,1-2H3. The van der Waals surface area contributed by atoms with E-state index in [9.17, 15) is 4.79 Å². The molecule has 2 heterocycles. The number of hydrogen-bond donors (Lipinski definition) is 0. The van der Waals surface area contributed by atoms with E-state index in [1.807, 2.05) is 4.08 Å². The summed E-state index contributed by atoms with van der Waals surface area (Å²) < 4.78 is 7.14. The van der Waals surface area contributed by atoms with Crippen molar-refractivity contribution in [1.29, 1.82) is 0 Å². The molecule has 0 aliphatic carbocycles. The minimum Gasteiger partial charge on any atom is -0.469 e. The van der Waals surface area contributed by atoms with E-state index >= 15 is 0 Å². The molecule has 0 radical (unpaired) electrons. The molecular formula is C18H22INO2. The Bertz CT molecular complexity index is 569. The van der Waals surface area contributed by atoms with Crippen LogP contribution in [-0.4, -0.2) is 37.1 Å². The van der Waals surface area contributed by atoms with Gasteiger partial charge in [0.2, 0.25) is 0 Å². The van der Waals surface area contributed by atoms with Gasteiger partial charge in [-0.25, -0.2) is 0 Å². The van der Waals surface area contributed by atoms with Crippen LogP contribution in [0.1, 0.15) is 36.3 Å². The van der Waals surface area contributed by atoms with Gasteiger partial charge in [0.15, 0.2) is 0 Å². The van der Waals surface area contributed by atoms with Crippen LogP contribution in [-0.2, 0) is 9.53 Å². The number of hydrogen-bond acceptors (Lipinski definition) is 3. The number of rotatable bonds is 3. The van der Waals surface area contributed by atoms with Crippen LogP contribution in [0.4, 0.5) is 0 Å². The van der Waals surface area contributed by atoms with Crippen LogP contribution in [0.5, 0.6) is 0 Å². The molecule has 2 bridgehead atoms. The maximum atomic E-state index is 12.4. The summed E-state index contributed by atoms with van der Waals surface area (Å²) in [5, 5.41) is 0. The Morgan fingerprint density at radius 3 is 2.68 bits per heavy atom. The largest absolute Gasteiger partial charge is 0.469 e. The summed E-state index contributed by atoms with van der Waals surface area (Å²) in [6.45, 7) is 0. The fourth-order valence-electron chi connectivity index (χ4n) is 4.19. The van der Waals surface area contributed by atoms with E-state index in [1.54, 1.807) is 0 Å². The van der Waals surface area contributed by atoms with Crippen molar-refractivity contribution in [2.75, 3.05) is 14.2 Å². The van der Waals surface area contributed by atoms with Gasteiger partial charge in [0.05, 0.1) is 13.0 Å². The number of esters is 1. The molecule has 1 aromatic carbocycles. The lowest BCUT2D eigenvalue weighted by Crippen LogP contribution is -2.49. The van der Waals surface area contributed by atoms with Crippen LogP contribution in [0.15, 0.2) is 28.3 Å². The number of halogens is 1. The highest BCUT2D eigenvalue weighted by molar-refractivity contribution is 14.1. The number of fused-ring (bicyclic) bond motifs is 2. The first-order chi connectivity index (χ1) is 10.7. The number of carbonyl (C=O) groups excluding carboxylic acids is 1. The predicted octanol–water partition coefficient (Wildman–Crippen LogP) is 3.83. The Kier molecular flexibility index (Phi) is 4.88. The van der Waals surface area contributed by atoms with Crippen molar-refractivity contribution in [2.45, 2.75) is 37.3 Å². The number of nitrogens with zero attached hydrogens (tertiary/aromatic N) is 1. The minimum atomic E-state index is -0.0570. The van der Waals surface area contributed by atoms with Gasteiger partial charge in [-0.2, -0.15) is 0 Å². The van der Waals surface area contributed by atoms with E-state index in [-0.39, 0.29) is 17.8 Å². The Labute approximate surface area is 145 Å². The normalized spacial score (nSPS) is 31.6. The molecule has 0 spiro atoms. The van der Waals surface area contributed by atoms with Gasteiger partial charge in [0, 0.05) is 18.0 Å². The Morgan fingerprint density at radius 1 is 1.32 bits per heavy atom. The number of piperidine rings is 1. The maximum Gasteiger partial charge on any atom is 0.310 e. The number of ether oxygens (including phenoxy) is 1. The van der Waals surface area contributed by atoms with Crippen LogP contribution in [0.2, 0.25) is 0 Å². The second kappa shape index (κ2) is 6.71. The van der Waals surface area contributed by atoms with E-state index in [0.29, 0.717) is 12.1 Å². The molecule has 22 heavy (non-hydrogen) atoms. The van der Waals surface area contributed by atoms with Gasteiger partial charge in [-0.3, -0.25) is 9.69 Å². The fourth-order valence-corrected chi connectivity index (χ4v) is 4.61. The molecule has 0 saturated carbocycles. The van der Waals surface area contributed by atoms with Crippen molar-refractivity contribution in [3.05, 3.63) is 39.5 Å². The second-order valence-electron chi connectivity index (χ2n) is 6.31. The van der Waals surface area contributed by atoms with Crippen molar-refractivity contribution in [3.63, 3.8) is 0 Å². The first-order valence-corrected chi connectivity index (χ1v) is 9.06. The molecule has 4 unspecified atom stereocenters. The lowest BCUT2D eigenvalue weighted by atomic mass is 9.76. The highest BCUT2D eigenvalue weighted by atomic mass is 127. The average Bonchev–Trinajstić information content (AvgIpc) is 2.77. The van der Waals surface area contributed by atoms with E-state index < -0.39 is 0 Å². The predicted molar refractivity (Wildman–Crippen MR) is 96.9 cm³/mol. The molecule has 118 valence electrons. The van der Waals surface area contributed by atoms with Gasteiger partial charge in [0.1, 0.15) is 0 Å². The highest BCUT2D eigenvalue weighted by Crippen LogP contribution is 2.46. The molecule has 3 rings (SSSR count). The molecule has 2 fully saturated rings. The summed E-state index contributed by atoms with van der Waals surface area (Å²) in [6.07, 6.45) is 5.43. The Balaban J connectivity index is 1.91. The van der Waals surface area contributed by atoms with Crippen molar-refractivity contribution in [1.82, 2.24) is 4.90 Å². The summed E-state index contributed by atoms with van der Waals surface area (Å²) in [7, 11) is 3.66. The Morgan fingerprint density at radius 2 is 2.05 bits per heavy atom. The van der Waals surface area contributed by atoms with Gasteiger partial charge in [-0.1, -0.05) is 46.9 Å². The average molecular weight is 411 g/mol. The molecule has 3 nitrogen and oxygen atoms in total. The van der Waals surface area contributed by atoms with E-state index in [1.165, 1.54) is 24.7 Å². The molecule has 2 saturated heterocycles. The number of carbonyl (C=O) groups is 1. The van der Waals surface area contributed by atoms with Crippen LogP contribution in [0.25, 0.3) is 6.08 Å². The molecule has 2 aliphatic rings. The summed E-state index contributed by atoms with van der Waals surface area (Å²) >= 11 is 2.23. The molecule has 0 aromatic heterocycles. The van der Waals surface area contributed by atoms with E-state index in [0.717, 1.165) is 12.8 Å². The summed E-state index contributed by atoms with van der Waals surface area (Å²) in [5.41, 5.74) is 2.47. The zero-order valence-corrected chi connectivity index (χ0v) is 15.2. The zero-order valence-electron chi connectivity index (χ0n) is 13.0. The molecule has 0 N–H and O–H groups in total. The molecular weight excluding hydrogens is 389 g/mol. The highest BCUT2D eigenvalue weighted by Gasteiger charge is 2.49. The SMILES string of the molecule is COC(=O)C1C(c2ccc(C=CI)cc2)CC2CCC1N2C. The summed E-state index contributed by atoms with van der Waals surface area (Å²) in [5.74, 6) is 0.178. The van der Waals surface area contributed by atoms with Crippen molar-refractivity contribution in [3.8, 4) is 0 Å². The summed E-state index contributed by atoms with van der Waals surface area (Å²) in [4.78, 5) is 14.8. The molecule has 4 atom stereocenters. The number of benzene rings is 1. The molecule has 1 aromatic rings. The van der Waals surface area contributed by atoms with E-state index in [2.05, 4.69) is 64.9 Å². The third kappa shape index (κ3) is 2.83. The van der Waals surface area contributed by atoms with Crippen LogP contribution in [0, 0.1) is 5.92 Å². The Hall–Kier alpha value is -0.880. The van der Waals surface area contributed by atoms with Gasteiger partial charge in [-0.15, -0.1) is 0 Å². The van der Waals surface area contributed by atoms with Crippen molar-refractivity contribution in [2.24, 2.45) is 5.92 Å². The molecule has 0 amide bonds.